The van der Waals surface area contributed by atoms with E-state index in [1.807, 2.05) is 6.07 Å². The van der Waals surface area contributed by atoms with E-state index in [1.165, 1.54) is 16.9 Å². The number of primary amides is 1. The van der Waals surface area contributed by atoms with Crippen LogP contribution in [0.1, 0.15) is 39.3 Å². The van der Waals surface area contributed by atoms with Crippen molar-refractivity contribution < 1.29 is 9.59 Å². The number of likely N-dealkylation sites (tertiary alicyclic amines) is 1. The fourth-order valence-electron chi connectivity index (χ4n) is 3.62. The predicted molar refractivity (Wildman–Crippen MR) is 118 cm³/mol. The molecule has 0 saturated carbocycles. The second-order valence-corrected chi connectivity index (χ2v) is 8.35. The number of carbonyl (C=O) groups excluding carboxylic acids is 2. The van der Waals surface area contributed by atoms with Gasteiger partial charge in [-0.05, 0) is 30.5 Å². The highest BCUT2D eigenvalue weighted by atomic mass is 32.1. The minimum atomic E-state index is -0.462. The Morgan fingerprint density at radius 3 is 2.43 bits per heavy atom. The molecule has 7 heteroatoms. The van der Waals surface area contributed by atoms with E-state index in [1.54, 1.807) is 29.6 Å². The number of aromatic nitrogens is 1. The normalized spacial score (nSPS) is 15.1. The van der Waals surface area contributed by atoms with Crippen LogP contribution in [0.3, 0.4) is 0 Å². The predicted octanol–water partition coefficient (Wildman–Crippen LogP) is 3.30. The third-order valence-corrected chi connectivity index (χ3v) is 6.22. The monoisotopic (exact) mass is 420 g/mol. The molecule has 4 rings (SSSR count). The van der Waals surface area contributed by atoms with E-state index < -0.39 is 5.91 Å². The lowest BCUT2D eigenvalue weighted by molar-refractivity contribution is 0.0904. The number of nitrogens with zero attached hydrogens (tertiary/aromatic N) is 2. The van der Waals surface area contributed by atoms with Crippen molar-refractivity contribution in [3.8, 4) is 10.6 Å². The molecule has 0 aliphatic carbocycles. The molecular formula is C23H24N4O2S. The van der Waals surface area contributed by atoms with Gasteiger partial charge in [-0.25, -0.2) is 4.98 Å². The molecule has 3 aromatic rings. The van der Waals surface area contributed by atoms with Crippen LogP contribution in [0.5, 0.6) is 0 Å². The van der Waals surface area contributed by atoms with Crippen LogP contribution in [0, 0.1) is 0 Å². The number of hydrogen-bond acceptors (Lipinski definition) is 5. The molecule has 0 unspecified atom stereocenters. The van der Waals surface area contributed by atoms with Gasteiger partial charge >= 0.3 is 0 Å². The summed E-state index contributed by atoms with van der Waals surface area (Å²) in [6, 6.07) is 17.6. The van der Waals surface area contributed by atoms with Crippen molar-refractivity contribution in [2.75, 3.05) is 13.1 Å². The van der Waals surface area contributed by atoms with Crippen LogP contribution in [-0.4, -0.2) is 40.8 Å². The van der Waals surface area contributed by atoms with Gasteiger partial charge in [0.1, 0.15) is 10.7 Å². The molecule has 3 N–H and O–H groups in total. The van der Waals surface area contributed by atoms with Gasteiger partial charge in [0, 0.05) is 42.2 Å². The van der Waals surface area contributed by atoms with Crippen LogP contribution in [0.25, 0.3) is 10.6 Å². The zero-order valence-corrected chi connectivity index (χ0v) is 17.4. The first-order valence-electron chi connectivity index (χ1n) is 10.0. The van der Waals surface area contributed by atoms with Gasteiger partial charge in [-0.15, -0.1) is 11.3 Å². The Kier molecular flexibility index (Phi) is 6.21. The van der Waals surface area contributed by atoms with E-state index in [4.69, 9.17) is 5.73 Å². The van der Waals surface area contributed by atoms with Crippen molar-refractivity contribution in [1.29, 1.82) is 0 Å². The zero-order chi connectivity index (χ0) is 20.9. The molecule has 2 aromatic carbocycles. The number of amides is 2. The van der Waals surface area contributed by atoms with Crippen molar-refractivity contribution in [2.45, 2.75) is 25.4 Å². The number of nitrogens with one attached hydrogen (secondary N) is 1. The Morgan fingerprint density at radius 2 is 1.77 bits per heavy atom. The highest BCUT2D eigenvalue weighted by Crippen LogP contribution is 2.24. The molecule has 6 nitrogen and oxygen atoms in total. The molecular weight excluding hydrogens is 396 g/mol. The first-order valence-corrected chi connectivity index (χ1v) is 10.9. The van der Waals surface area contributed by atoms with E-state index in [0.29, 0.717) is 11.3 Å². The highest BCUT2D eigenvalue weighted by molar-refractivity contribution is 7.13. The molecule has 0 spiro atoms. The van der Waals surface area contributed by atoms with Gasteiger partial charge in [0.15, 0.2) is 0 Å². The Hall–Kier alpha value is -3.03. The van der Waals surface area contributed by atoms with Crippen molar-refractivity contribution in [2.24, 2.45) is 5.73 Å². The lowest BCUT2D eigenvalue weighted by Crippen LogP contribution is -2.44. The molecule has 0 atom stereocenters. The Bertz CT molecular complexity index is 1010. The summed E-state index contributed by atoms with van der Waals surface area (Å²) in [6.45, 7) is 2.88. The van der Waals surface area contributed by atoms with E-state index in [0.717, 1.165) is 43.0 Å². The molecule has 1 aromatic heterocycles. The maximum Gasteiger partial charge on any atom is 0.270 e. The van der Waals surface area contributed by atoms with E-state index in [-0.39, 0.29) is 11.9 Å². The average Bonchev–Trinajstić information content (AvgIpc) is 3.26. The Morgan fingerprint density at radius 1 is 1.07 bits per heavy atom. The average molecular weight is 421 g/mol. The number of piperidine rings is 1. The number of carbonyl (C=O) groups is 2. The first-order chi connectivity index (χ1) is 14.6. The highest BCUT2D eigenvalue weighted by Gasteiger charge is 2.22. The summed E-state index contributed by atoms with van der Waals surface area (Å²) in [6.07, 6.45) is 1.87. The molecule has 30 heavy (non-hydrogen) atoms. The smallest absolute Gasteiger partial charge is 0.270 e. The third kappa shape index (κ3) is 4.93. The van der Waals surface area contributed by atoms with E-state index >= 15 is 0 Å². The van der Waals surface area contributed by atoms with E-state index in [9.17, 15) is 9.59 Å². The van der Waals surface area contributed by atoms with Gasteiger partial charge in [-0.2, -0.15) is 0 Å². The summed E-state index contributed by atoms with van der Waals surface area (Å²) < 4.78 is 0. The van der Waals surface area contributed by atoms with Crippen LogP contribution >= 0.6 is 11.3 Å². The number of nitrogens with two attached hydrogens (primary N) is 1. The molecule has 1 aliphatic rings. The van der Waals surface area contributed by atoms with Crippen LogP contribution < -0.4 is 11.1 Å². The summed E-state index contributed by atoms with van der Waals surface area (Å²) >= 11 is 1.41. The van der Waals surface area contributed by atoms with Crippen molar-refractivity contribution in [3.05, 3.63) is 76.8 Å². The number of thiazole rings is 1. The summed E-state index contributed by atoms with van der Waals surface area (Å²) in [4.78, 5) is 30.7. The molecule has 0 radical (unpaired) electrons. The van der Waals surface area contributed by atoms with Crippen molar-refractivity contribution >= 4 is 23.2 Å². The topological polar surface area (TPSA) is 88.3 Å². The second kappa shape index (κ2) is 9.19. The second-order valence-electron chi connectivity index (χ2n) is 7.49. The lowest BCUT2D eigenvalue weighted by atomic mass is 10.0. The molecule has 2 heterocycles. The summed E-state index contributed by atoms with van der Waals surface area (Å²) in [5.74, 6) is -0.594. The number of hydrogen-bond donors (Lipinski definition) is 2. The molecule has 1 saturated heterocycles. The Labute approximate surface area is 179 Å². The lowest BCUT2D eigenvalue weighted by Gasteiger charge is -2.32. The number of benzene rings is 2. The summed E-state index contributed by atoms with van der Waals surface area (Å²) in [5.41, 5.74) is 8.33. The van der Waals surface area contributed by atoms with Gasteiger partial charge in [0.05, 0.1) is 0 Å². The van der Waals surface area contributed by atoms with Crippen molar-refractivity contribution in [1.82, 2.24) is 15.2 Å². The van der Waals surface area contributed by atoms with E-state index in [2.05, 4.69) is 39.5 Å². The number of rotatable bonds is 6. The van der Waals surface area contributed by atoms with Crippen LogP contribution in [0.2, 0.25) is 0 Å². The van der Waals surface area contributed by atoms with Gasteiger partial charge in [0.25, 0.3) is 5.91 Å². The fraction of sp³-hybridized carbons (Fsp3) is 0.261. The molecule has 2 amide bonds. The standard InChI is InChI=1S/C23H24N4O2S/c24-21(28)17-6-8-18(9-7-17)23-26-20(15-30-23)22(29)25-19-10-12-27(13-11-19)14-16-4-2-1-3-5-16/h1-9,15,19H,10-14H2,(H2,24,28)(H,25,29). The minimum absolute atomic E-state index is 0.132. The fourth-order valence-corrected chi connectivity index (χ4v) is 4.43. The van der Waals surface area contributed by atoms with Crippen molar-refractivity contribution in [3.63, 3.8) is 0 Å². The summed E-state index contributed by atoms with van der Waals surface area (Å²) in [7, 11) is 0. The van der Waals surface area contributed by atoms with Crippen LogP contribution in [0.15, 0.2) is 60.0 Å². The van der Waals surface area contributed by atoms with Gasteiger partial charge in [-0.1, -0.05) is 42.5 Å². The Balaban J connectivity index is 1.30. The maximum atomic E-state index is 12.6. The van der Waals surface area contributed by atoms with Crippen LogP contribution in [-0.2, 0) is 6.54 Å². The first kappa shape index (κ1) is 20.3. The molecule has 0 bridgehead atoms. The largest absolute Gasteiger partial charge is 0.366 e. The van der Waals surface area contributed by atoms with Gasteiger partial charge < -0.3 is 11.1 Å². The third-order valence-electron chi connectivity index (χ3n) is 5.32. The molecule has 1 aliphatic heterocycles. The molecule has 154 valence electrons. The quantitative estimate of drug-likeness (QED) is 0.640. The van der Waals surface area contributed by atoms with Gasteiger partial charge in [-0.3, -0.25) is 14.5 Å². The summed E-state index contributed by atoms with van der Waals surface area (Å²) in [5, 5.41) is 5.65. The maximum absolute atomic E-state index is 12.6. The van der Waals surface area contributed by atoms with Crippen LogP contribution in [0.4, 0.5) is 0 Å². The van der Waals surface area contributed by atoms with Gasteiger partial charge in [0.2, 0.25) is 5.91 Å². The SMILES string of the molecule is NC(=O)c1ccc(-c2nc(C(=O)NC3CCN(Cc4ccccc4)CC3)cs2)cc1. The molecule has 1 fully saturated rings. The minimum Gasteiger partial charge on any atom is -0.366 e. The zero-order valence-electron chi connectivity index (χ0n) is 16.6.